The SMILES string of the molecule is CC1(C)CC=CC(=O)C1. The second kappa shape index (κ2) is 1.98. The lowest BCUT2D eigenvalue weighted by molar-refractivity contribution is -0.116. The van der Waals surface area contributed by atoms with Gasteiger partial charge in [-0.05, 0) is 17.9 Å². The monoisotopic (exact) mass is 124 g/mol. The minimum atomic E-state index is 0.214. The molecule has 0 aromatic heterocycles. The molecule has 0 aliphatic heterocycles. The molecule has 0 atom stereocenters. The Kier molecular flexibility index (Phi) is 1.43. The molecule has 0 aromatic carbocycles. The molecule has 0 amide bonds. The number of rotatable bonds is 0. The molecule has 0 unspecified atom stereocenters. The molecule has 0 spiro atoms. The molecule has 0 aromatic rings. The van der Waals surface area contributed by atoms with Gasteiger partial charge in [0.15, 0.2) is 5.78 Å². The van der Waals surface area contributed by atoms with Gasteiger partial charge in [0.05, 0.1) is 0 Å². The van der Waals surface area contributed by atoms with Crippen molar-refractivity contribution in [3.63, 3.8) is 0 Å². The largest absolute Gasteiger partial charge is 0.295 e. The molecule has 0 fully saturated rings. The molecule has 0 bridgehead atoms. The zero-order chi connectivity index (χ0) is 6.91. The van der Waals surface area contributed by atoms with E-state index in [0.29, 0.717) is 6.42 Å². The fraction of sp³-hybridized carbons (Fsp3) is 0.625. The summed E-state index contributed by atoms with van der Waals surface area (Å²) in [5.74, 6) is 0.270. The van der Waals surface area contributed by atoms with Crippen molar-refractivity contribution in [2.45, 2.75) is 26.7 Å². The molecule has 1 aliphatic rings. The van der Waals surface area contributed by atoms with Crippen molar-refractivity contribution in [3.8, 4) is 0 Å². The maximum atomic E-state index is 10.8. The Hall–Kier alpha value is -0.590. The predicted molar refractivity (Wildman–Crippen MR) is 37.2 cm³/mol. The summed E-state index contributed by atoms with van der Waals surface area (Å²) in [5.41, 5.74) is 0.214. The fourth-order valence-electron chi connectivity index (χ4n) is 1.11. The fourth-order valence-corrected chi connectivity index (χ4v) is 1.11. The van der Waals surface area contributed by atoms with E-state index in [1.807, 2.05) is 6.08 Å². The molecule has 50 valence electrons. The first-order valence-corrected chi connectivity index (χ1v) is 3.30. The van der Waals surface area contributed by atoms with Crippen LogP contribution in [0.15, 0.2) is 12.2 Å². The summed E-state index contributed by atoms with van der Waals surface area (Å²) in [7, 11) is 0. The Morgan fingerprint density at radius 1 is 1.56 bits per heavy atom. The van der Waals surface area contributed by atoms with E-state index in [2.05, 4.69) is 13.8 Å². The normalized spacial score (nSPS) is 24.4. The van der Waals surface area contributed by atoms with E-state index < -0.39 is 0 Å². The first kappa shape index (κ1) is 6.53. The first-order chi connectivity index (χ1) is 4.10. The minimum absolute atomic E-state index is 0.214. The second-order valence-corrected chi connectivity index (χ2v) is 3.41. The van der Waals surface area contributed by atoms with Gasteiger partial charge in [0.25, 0.3) is 0 Å². The van der Waals surface area contributed by atoms with E-state index in [1.165, 1.54) is 0 Å². The van der Waals surface area contributed by atoms with Crippen LogP contribution in [0.2, 0.25) is 0 Å². The lowest BCUT2D eigenvalue weighted by Gasteiger charge is -2.23. The summed E-state index contributed by atoms with van der Waals surface area (Å²) in [6, 6.07) is 0. The average Bonchev–Trinajstić information content (AvgIpc) is 1.60. The van der Waals surface area contributed by atoms with Gasteiger partial charge in [-0.25, -0.2) is 0 Å². The van der Waals surface area contributed by atoms with Crippen molar-refractivity contribution >= 4 is 5.78 Å². The van der Waals surface area contributed by atoms with Crippen LogP contribution in [0.1, 0.15) is 26.7 Å². The molecule has 0 radical (unpaired) electrons. The summed E-state index contributed by atoms with van der Waals surface area (Å²) in [5, 5.41) is 0. The van der Waals surface area contributed by atoms with Crippen LogP contribution < -0.4 is 0 Å². The summed E-state index contributed by atoms with van der Waals surface area (Å²) < 4.78 is 0. The van der Waals surface area contributed by atoms with E-state index in [0.717, 1.165) is 6.42 Å². The van der Waals surface area contributed by atoms with Gasteiger partial charge in [0.2, 0.25) is 0 Å². The zero-order valence-corrected chi connectivity index (χ0v) is 5.98. The van der Waals surface area contributed by atoms with E-state index in [1.54, 1.807) is 6.08 Å². The predicted octanol–water partition coefficient (Wildman–Crippen LogP) is 1.93. The molecule has 1 rings (SSSR count). The van der Waals surface area contributed by atoms with Crippen molar-refractivity contribution in [1.82, 2.24) is 0 Å². The van der Waals surface area contributed by atoms with Gasteiger partial charge < -0.3 is 0 Å². The average molecular weight is 124 g/mol. The summed E-state index contributed by atoms with van der Waals surface area (Å²) in [4.78, 5) is 10.8. The van der Waals surface area contributed by atoms with Gasteiger partial charge >= 0.3 is 0 Å². The smallest absolute Gasteiger partial charge is 0.155 e. The molecule has 9 heavy (non-hydrogen) atoms. The standard InChI is InChI=1S/C8H12O/c1-8(2)5-3-4-7(9)6-8/h3-4H,5-6H2,1-2H3. The van der Waals surface area contributed by atoms with Gasteiger partial charge in [-0.3, -0.25) is 4.79 Å². The van der Waals surface area contributed by atoms with Gasteiger partial charge in [0.1, 0.15) is 0 Å². The Bertz CT molecular complexity index is 154. The van der Waals surface area contributed by atoms with Crippen molar-refractivity contribution in [3.05, 3.63) is 12.2 Å². The van der Waals surface area contributed by atoms with Crippen LogP contribution in [-0.4, -0.2) is 5.78 Å². The minimum Gasteiger partial charge on any atom is -0.295 e. The highest BCUT2D eigenvalue weighted by molar-refractivity contribution is 5.90. The number of carbonyl (C=O) groups is 1. The molecule has 0 N–H and O–H groups in total. The maximum Gasteiger partial charge on any atom is 0.155 e. The maximum absolute atomic E-state index is 10.8. The highest BCUT2D eigenvalue weighted by atomic mass is 16.1. The van der Waals surface area contributed by atoms with Crippen LogP contribution >= 0.6 is 0 Å². The third-order valence-electron chi connectivity index (χ3n) is 1.63. The van der Waals surface area contributed by atoms with E-state index in [4.69, 9.17) is 0 Å². The van der Waals surface area contributed by atoms with E-state index in [-0.39, 0.29) is 11.2 Å². The van der Waals surface area contributed by atoms with Crippen LogP contribution in [-0.2, 0) is 4.79 Å². The lowest BCUT2D eigenvalue weighted by atomic mass is 9.81. The molecule has 0 heterocycles. The number of hydrogen-bond acceptors (Lipinski definition) is 1. The van der Waals surface area contributed by atoms with Gasteiger partial charge in [0, 0.05) is 6.42 Å². The molecule has 1 heteroatoms. The number of carbonyl (C=O) groups excluding carboxylic acids is 1. The number of hydrogen-bond donors (Lipinski definition) is 0. The Balaban J connectivity index is 2.68. The first-order valence-electron chi connectivity index (χ1n) is 3.30. The number of allylic oxidation sites excluding steroid dienone is 2. The molecular weight excluding hydrogens is 112 g/mol. The summed E-state index contributed by atoms with van der Waals surface area (Å²) >= 11 is 0. The second-order valence-electron chi connectivity index (χ2n) is 3.41. The highest BCUT2D eigenvalue weighted by Gasteiger charge is 2.22. The van der Waals surface area contributed by atoms with Crippen LogP contribution in [0.3, 0.4) is 0 Å². The van der Waals surface area contributed by atoms with E-state index in [9.17, 15) is 4.79 Å². The van der Waals surface area contributed by atoms with Gasteiger partial charge in [-0.1, -0.05) is 19.9 Å². The highest BCUT2D eigenvalue weighted by Crippen LogP contribution is 2.28. The Morgan fingerprint density at radius 2 is 2.22 bits per heavy atom. The van der Waals surface area contributed by atoms with Crippen molar-refractivity contribution in [1.29, 1.82) is 0 Å². The van der Waals surface area contributed by atoms with Crippen LogP contribution in [0.5, 0.6) is 0 Å². The molecular formula is C8H12O. The number of ketones is 1. The quantitative estimate of drug-likeness (QED) is 0.482. The molecule has 1 nitrogen and oxygen atoms in total. The van der Waals surface area contributed by atoms with Crippen LogP contribution in [0, 0.1) is 5.41 Å². The topological polar surface area (TPSA) is 17.1 Å². The third kappa shape index (κ3) is 1.67. The van der Waals surface area contributed by atoms with Crippen molar-refractivity contribution < 1.29 is 4.79 Å². The third-order valence-corrected chi connectivity index (χ3v) is 1.63. The van der Waals surface area contributed by atoms with Crippen molar-refractivity contribution in [2.24, 2.45) is 5.41 Å². The Morgan fingerprint density at radius 3 is 2.56 bits per heavy atom. The van der Waals surface area contributed by atoms with Crippen molar-refractivity contribution in [2.75, 3.05) is 0 Å². The van der Waals surface area contributed by atoms with Crippen LogP contribution in [0.4, 0.5) is 0 Å². The lowest BCUT2D eigenvalue weighted by Crippen LogP contribution is -2.18. The molecule has 0 saturated carbocycles. The van der Waals surface area contributed by atoms with Gasteiger partial charge in [-0.15, -0.1) is 0 Å². The summed E-state index contributed by atoms with van der Waals surface area (Å²) in [6.45, 7) is 4.24. The molecule has 1 aliphatic carbocycles. The van der Waals surface area contributed by atoms with Gasteiger partial charge in [-0.2, -0.15) is 0 Å². The Labute approximate surface area is 55.8 Å². The van der Waals surface area contributed by atoms with Crippen LogP contribution in [0.25, 0.3) is 0 Å². The zero-order valence-electron chi connectivity index (χ0n) is 5.98. The molecule has 0 saturated heterocycles. The van der Waals surface area contributed by atoms with E-state index >= 15 is 0 Å². The summed E-state index contributed by atoms with van der Waals surface area (Å²) in [6.07, 6.45) is 5.40.